The molecule has 0 fully saturated rings. The van der Waals surface area contributed by atoms with Crippen LogP contribution in [0.25, 0.3) is 0 Å². The molecule has 18 heavy (non-hydrogen) atoms. The summed E-state index contributed by atoms with van der Waals surface area (Å²) in [6.07, 6.45) is 1.00. The van der Waals surface area contributed by atoms with Crippen molar-refractivity contribution in [3.8, 4) is 0 Å². The molecule has 0 saturated heterocycles. The Kier molecular flexibility index (Phi) is 11.1. The molecule has 0 aromatic heterocycles. The first-order valence-electron chi connectivity index (χ1n) is 6.43. The van der Waals surface area contributed by atoms with Gasteiger partial charge < -0.3 is 5.73 Å². The van der Waals surface area contributed by atoms with Gasteiger partial charge in [0.1, 0.15) is 0 Å². The van der Waals surface area contributed by atoms with E-state index in [0.29, 0.717) is 5.70 Å². The van der Waals surface area contributed by atoms with Crippen molar-refractivity contribution < 1.29 is 0 Å². The van der Waals surface area contributed by atoms with E-state index in [9.17, 15) is 0 Å². The number of allylic oxidation sites excluding steroid dienone is 2. The monoisotopic (exact) mass is 247 g/mol. The highest BCUT2D eigenvalue weighted by Crippen LogP contribution is 2.11. The summed E-state index contributed by atoms with van der Waals surface area (Å²) in [4.78, 5) is 0. The van der Waals surface area contributed by atoms with E-state index in [1.54, 1.807) is 6.92 Å². The molecule has 2 N–H and O–H groups in total. The number of aryl methyl sites for hydroxylation is 2. The largest absolute Gasteiger partial charge is 0.403 e. The van der Waals surface area contributed by atoms with Crippen LogP contribution in [0.3, 0.4) is 0 Å². The van der Waals surface area contributed by atoms with Crippen LogP contribution in [0.1, 0.15) is 44.4 Å². The lowest BCUT2D eigenvalue weighted by atomic mass is 10.0. The summed E-state index contributed by atoms with van der Waals surface area (Å²) in [5.74, 6) is 0. The molecule has 0 unspecified atom stereocenters. The highest BCUT2D eigenvalue weighted by Gasteiger charge is 1.95. The van der Waals surface area contributed by atoms with Crippen LogP contribution >= 0.6 is 0 Å². The van der Waals surface area contributed by atoms with E-state index in [1.165, 1.54) is 22.3 Å². The average Bonchev–Trinajstić information content (AvgIpc) is 2.16. The van der Waals surface area contributed by atoms with Gasteiger partial charge in [-0.1, -0.05) is 61.9 Å². The third-order valence-corrected chi connectivity index (χ3v) is 1.79. The van der Waals surface area contributed by atoms with Crippen LogP contribution in [-0.2, 0) is 6.42 Å². The number of hydrogen-bond acceptors (Lipinski definition) is 1. The molecule has 1 aromatic rings. The molecule has 1 rings (SSSR count). The zero-order chi connectivity index (χ0) is 14.7. The lowest BCUT2D eigenvalue weighted by Crippen LogP contribution is -1.88. The van der Waals surface area contributed by atoms with Gasteiger partial charge in [0, 0.05) is 0 Å². The molecular formula is C17H29N. The minimum Gasteiger partial charge on any atom is -0.403 e. The van der Waals surface area contributed by atoms with Crippen LogP contribution in [0.15, 0.2) is 42.6 Å². The van der Waals surface area contributed by atoms with E-state index in [-0.39, 0.29) is 0 Å². The molecule has 0 bridgehead atoms. The van der Waals surface area contributed by atoms with E-state index in [4.69, 9.17) is 5.73 Å². The van der Waals surface area contributed by atoms with Crippen molar-refractivity contribution in [3.63, 3.8) is 0 Å². The Morgan fingerprint density at radius 1 is 1.00 bits per heavy atom. The normalized spacial score (nSPS) is 8.33. The second-order valence-electron chi connectivity index (χ2n) is 4.48. The van der Waals surface area contributed by atoms with Crippen LogP contribution in [0, 0.1) is 13.8 Å². The van der Waals surface area contributed by atoms with E-state index >= 15 is 0 Å². The molecule has 0 radical (unpaired) electrons. The van der Waals surface area contributed by atoms with Crippen LogP contribution in [0.5, 0.6) is 0 Å². The van der Waals surface area contributed by atoms with E-state index in [2.05, 4.69) is 52.1 Å². The van der Waals surface area contributed by atoms with Gasteiger partial charge in [-0.25, -0.2) is 0 Å². The molecule has 0 atom stereocenters. The maximum absolute atomic E-state index is 4.92. The molecule has 0 aliphatic carbocycles. The molecule has 102 valence electrons. The Hall–Kier alpha value is -1.50. The Labute approximate surface area is 113 Å². The summed E-state index contributed by atoms with van der Waals surface area (Å²) in [5, 5.41) is 0. The van der Waals surface area contributed by atoms with Crippen molar-refractivity contribution in [2.45, 2.75) is 48.0 Å². The van der Waals surface area contributed by atoms with Gasteiger partial charge in [-0.3, -0.25) is 0 Å². The second-order valence-corrected chi connectivity index (χ2v) is 4.48. The molecular weight excluding hydrogens is 218 g/mol. The highest BCUT2D eigenvalue weighted by molar-refractivity contribution is 5.30. The average molecular weight is 247 g/mol. The van der Waals surface area contributed by atoms with Crippen molar-refractivity contribution in [3.05, 3.63) is 59.3 Å². The van der Waals surface area contributed by atoms with Crippen LogP contribution in [0.2, 0.25) is 0 Å². The summed E-state index contributed by atoms with van der Waals surface area (Å²) in [6, 6.07) is 6.64. The predicted molar refractivity (Wildman–Crippen MR) is 84.8 cm³/mol. The number of rotatable bonds is 2. The Bertz CT molecular complexity index is 351. The molecule has 1 aromatic carbocycles. The van der Waals surface area contributed by atoms with Crippen molar-refractivity contribution >= 4 is 0 Å². The standard InChI is InChI=1S/C12H16.C3H7N.C2H6/c1-9(2)5-12-7-10(3)6-11(4)8-12;1-3(2)4;1-2/h6-8H,1,5H2,2-4H3;1,4H2,2H3;1-2H3. The summed E-state index contributed by atoms with van der Waals surface area (Å²) in [6.45, 7) is 19.3. The van der Waals surface area contributed by atoms with Crippen molar-refractivity contribution in [2.24, 2.45) is 5.73 Å². The molecule has 0 spiro atoms. The maximum Gasteiger partial charge on any atom is -0.00242 e. The zero-order valence-corrected chi connectivity index (χ0v) is 12.9. The summed E-state index contributed by atoms with van der Waals surface area (Å²) < 4.78 is 0. The number of hydrogen-bond donors (Lipinski definition) is 1. The van der Waals surface area contributed by atoms with Gasteiger partial charge in [0.15, 0.2) is 0 Å². The highest BCUT2D eigenvalue weighted by atomic mass is 14.5. The first-order valence-corrected chi connectivity index (χ1v) is 6.43. The molecule has 0 aliphatic heterocycles. The fourth-order valence-corrected chi connectivity index (χ4v) is 1.52. The smallest absolute Gasteiger partial charge is 0.00242 e. The first-order chi connectivity index (χ1) is 8.31. The number of benzene rings is 1. The number of nitrogens with two attached hydrogens (primary N) is 1. The molecule has 0 aliphatic rings. The van der Waals surface area contributed by atoms with Gasteiger partial charge in [0.2, 0.25) is 0 Å². The topological polar surface area (TPSA) is 26.0 Å². The summed E-state index contributed by atoms with van der Waals surface area (Å²) in [7, 11) is 0. The predicted octanol–water partition coefficient (Wildman–Crippen LogP) is 4.93. The Morgan fingerprint density at radius 3 is 1.61 bits per heavy atom. The first kappa shape index (κ1) is 18.9. The molecule has 0 amide bonds. The fourth-order valence-electron chi connectivity index (χ4n) is 1.52. The minimum absolute atomic E-state index is 0.667. The lowest BCUT2D eigenvalue weighted by molar-refractivity contribution is 1.14. The lowest BCUT2D eigenvalue weighted by Gasteiger charge is -2.03. The van der Waals surface area contributed by atoms with Gasteiger partial charge in [-0.2, -0.15) is 0 Å². The van der Waals surface area contributed by atoms with Gasteiger partial charge in [-0.05, 0) is 45.4 Å². The Balaban J connectivity index is 0. The van der Waals surface area contributed by atoms with Crippen molar-refractivity contribution in [2.75, 3.05) is 0 Å². The van der Waals surface area contributed by atoms with E-state index in [0.717, 1.165) is 6.42 Å². The van der Waals surface area contributed by atoms with Gasteiger partial charge in [0.25, 0.3) is 0 Å². The Morgan fingerprint density at radius 2 is 1.33 bits per heavy atom. The fraction of sp³-hybridized carbons (Fsp3) is 0.412. The SMILES string of the molecule is C=C(C)Cc1cc(C)cc(C)c1.C=C(C)N.CC. The van der Waals surface area contributed by atoms with Crippen LogP contribution in [0.4, 0.5) is 0 Å². The molecule has 0 saturated carbocycles. The maximum atomic E-state index is 4.92. The molecule has 0 heterocycles. The summed E-state index contributed by atoms with van der Waals surface area (Å²) in [5.41, 5.74) is 10.9. The van der Waals surface area contributed by atoms with Crippen LogP contribution < -0.4 is 5.73 Å². The second kappa shape index (κ2) is 10.6. The van der Waals surface area contributed by atoms with Gasteiger partial charge >= 0.3 is 0 Å². The van der Waals surface area contributed by atoms with Crippen molar-refractivity contribution in [1.82, 2.24) is 0 Å². The zero-order valence-electron chi connectivity index (χ0n) is 12.9. The van der Waals surface area contributed by atoms with Gasteiger partial charge in [-0.15, -0.1) is 0 Å². The minimum atomic E-state index is 0.667. The van der Waals surface area contributed by atoms with E-state index in [1.807, 2.05) is 13.8 Å². The molecule has 1 nitrogen and oxygen atoms in total. The van der Waals surface area contributed by atoms with E-state index < -0.39 is 0 Å². The van der Waals surface area contributed by atoms with Gasteiger partial charge in [0.05, 0.1) is 0 Å². The van der Waals surface area contributed by atoms with Crippen molar-refractivity contribution in [1.29, 1.82) is 0 Å². The molecule has 1 heteroatoms. The quantitative estimate of drug-likeness (QED) is 0.737. The third kappa shape index (κ3) is 12.6. The van der Waals surface area contributed by atoms with Crippen LogP contribution in [-0.4, -0.2) is 0 Å². The third-order valence-electron chi connectivity index (χ3n) is 1.79. The summed E-state index contributed by atoms with van der Waals surface area (Å²) >= 11 is 0.